The van der Waals surface area contributed by atoms with E-state index in [0.717, 1.165) is 6.07 Å². The summed E-state index contributed by atoms with van der Waals surface area (Å²) in [4.78, 5) is 0. The van der Waals surface area contributed by atoms with E-state index in [4.69, 9.17) is 4.74 Å². The van der Waals surface area contributed by atoms with Gasteiger partial charge < -0.3 is 30.3 Å². The average Bonchev–Trinajstić information content (AvgIpc) is 2.46. The first-order valence-electron chi connectivity index (χ1n) is 6.53. The number of aliphatic hydroxyl groups is 1. The Morgan fingerprint density at radius 1 is 0.955 bits per heavy atom. The normalized spacial score (nSPS) is 16.6. The first-order chi connectivity index (χ1) is 10.4. The van der Waals surface area contributed by atoms with Crippen LogP contribution in [0.3, 0.4) is 0 Å². The molecule has 1 atom stereocenters. The van der Waals surface area contributed by atoms with Crippen LogP contribution in [0, 0.1) is 6.92 Å². The molecule has 1 aliphatic heterocycles. The van der Waals surface area contributed by atoms with E-state index in [1.807, 2.05) is 0 Å². The van der Waals surface area contributed by atoms with Crippen molar-refractivity contribution in [2.75, 3.05) is 0 Å². The Hall–Kier alpha value is -3.02. The van der Waals surface area contributed by atoms with Gasteiger partial charge in [0.05, 0.1) is 5.56 Å². The van der Waals surface area contributed by atoms with Crippen LogP contribution in [0.15, 0.2) is 30.0 Å². The molecule has 1 aliphatic rings. The number of phenols is 4. The van der Waals surface area contributed by atoms with Crippen molar-refractivity contribution in [3.8, 4) is 28.7 Å². The monoisotopic (exact) mass is 302 g/mol. The van der Waals surface area contributed by atoms with Gasteiger partial charge in [-0.2, -0.15) is 0 Å². The lowest BCUT2D eigenvalue weighted by atomic mass is 9.97. The van der Waals surface area contributed by atoms with E-state index >= 15 is 0 Å². The maximum Gasteiger partial charge on any atom is 0.181 e. The maximum atomic E-state index is 10.2. The summed E-state index contributed by atoms with van der Waals surface area (Å²) >= 11 is 0. The van der Waals surface area contributed by atoms with Gasteiger partial charge in [-0.3, -0.25) is 0 Å². The molecule has 2 aromatic rings. The van der Waals surface area contributed by atoms with Crippen LogP contribution >= 0.6 is 0 Å². The molecule has 6 nitrogen and oxygen atoms in total. The van der Waals surface area contributed by atoms with Crippen molar-refractivity contribution in [2.24, 2.45) is 0 Å². The Morgan fingerprint density at radius 3 is 2.41 bits per heavy atom. The molecule has 0 fully saturated rings. The van der Waals surface area contributed by atoms with E-state index in [9.17, 15) is 25.5 Å². The minimum absolute atomic E-state index is 0.165. The first kappa shape index (κ1) is 13.9. The minimum Gasteiger partial charge on any atom is -0.508 e. The summed E-state index contributed by atoms with van der Waals surface area (Å²) in [6.45, 7) is 1.58. The highest BCUT2D eigenvalue weighted by Crippen LogP contribution is 2.44. The quantitative estimate of drug-likeness (QED) is 0.518. The molecular formula is C16H14O6. The SMILES string of the molecule is Cc1c(C2Oc3cc(O)cc(O)c3C=C2O)ccc(O)c1O. The van der Waals surface area contributed by atoms with Gasteiger partial charge in [0.1, 0.15) is 23.0 Å². The second-order valence-corrected chi connectivity index (χ2v) is 5.09. The predicted octanol–water partition coefficient (Wildman–Crippen LogP) is 2.85. The lowest BCUT2D eigenvalue weighted by Crippen LogP contribution is -2.15. The Labute approximate surface area is 125 Å². The van der Waals surface area contributed by atoms with Crippen LogP contribution in [0.2, 0.25) is 0 Å². The fraction of sp³-hybridized carbons (Fsp3) is 0.125. The minimum atomic E-state index is -0.916. The van der Waals surface area contributed by atoms with Crippen LogP contribution < -0.4 is 4.74 Å². The van der Waals surface area contributed by atoms with Crippen molar-refractivity contribution in [3.63, 3.8) is 0 Å². The predicted molar refractivity (Wildman–Crippen MR) is 78.3 cm³/mol. The fourth-order valence-corrected chi connectivity index (χ4v) is 2.46. The van der Waals surface area contributed by atoms with Crippen molar-refractivity contribution in [2.45, 2.75) is 13.0 Å². The molecule has 5 N–H and O–H groups in total. The number of phenolic OH excluding ortho intramolecular Hbond substituents is 4. The summed E-state index contributed by atoms with van der Waals surface area (Å²) in [6.07, 6.45) is 0.418. The number of rotatable bonds is 1. The second kappa shape index (κ2) is 4.77. The molecule has 1 heterocycles. The highest BCUT2D eigenvalue weighted by atomic mass is 16.5. The Morgan fingerprint density at radius 2 is 1.68 bits per heavy atom. The molecule has 0 bridgehead atoms. The highest BCUT2D eigenvalue weighted by molar-refractivity contribution is 5.69. The molecule has 0 aliphatic carbocycles. The van der Waals surface area contributed by atoms with Gasteiger partial charge in [0.15, 0.2) is 17.6 Å². The molecule has 22 heavy (non-hydrogen) atoms. The van der Waals surface area contributed by atoms with Crippen LogP contribution in [-0.4, -0.2) is 25.5 Å². The molecule has 0 radical (unpaired) electrons. The summed E-state index contributed by atoms with van der Waals surface area (Å²) in [7, 11) is 0. The van der Waals surface area contributed by atoms with Gasteiger partial charge in [-0.15, -0.1) is 0 Å². The molecule has 3 rings (SSSR count). The zero-order valence-corrected chi connectivity index (χ0v) is 11.6. The van der Waals surface area contributed by atoms with Crippen LogP contribution in [0.5, 0.6) is 28.7 Å². The van der Waals surface area contributed by atoms with Crippen LogP contribution in [0.4, 0.5) is 0 Å². The van der Waals surface area contributed by atoms with Crippen molar-refractivity contribution >= 4 is 6.08 Å². The van der Waals surface area contributed by atoms with E-state index in [0.29, 0.717) is 11.1 Å². The third kappa shape index (κ3) is 2.05. The standard InChI is InChI=1S/C16H14O6/c1-7-9(2-3-11(18)15(7)21)16-13(20)6-10-12(19)4-8(17)5-14(10)22-16/h2-6,16-21H,1H3. The van der Waals surface area contributed by atoms with Gasteiger partial charge in [0, 0.05) is 23.3 Å². The molecule has 114 valence electrons. The van der Waals surface area contributed by atoms with Gasteiger partial charge in [0.25, 0.3) is 0 Å². The van der Waals surface area contributed by atoms with Gasteiger partial charge in [-0.1, -0.05) is 6.07 Å². The Kier molecular flexibility index (Phi) is 3.02. The van der Waals surface area contributed by atoms with Crippen molar-refractivity contribution in [1.29, 1.82) is 0 Å². The van der Waals surface area contributed by atoms with E-state index in [1.165, 1.54) is 24.3 Å². The molecule has 2 aromatic carbocycles. The summed E-state index contributed by atoms with van der Waals surface area (Å²) < 4.78 is 5.64. The lowest BCUT2D eigenvalue weighted by molar-refractivity contribution is 0.172. The number of hydrogen-bond acceptors (Lipinski definition) is 6. The molecule has 1 unspecified atom stereocenters. The van der Waals surface area contributed by atoms with Crippen LogP contribution in [0.25, 0.3) is 6.08 Å². The summed E-state index contributed by atoms with van der Waals surface area (Å²) in [5.41, 5.74) is 1.07. The average molecular weight is 302 g/mol. The molecular weight excluding hydrogens is 288 g/mol. The smallest absolute Gasteiger partial charge is 0.181 e. The maximum absolute atomic E-state index is 10.2. The fourth-order valence-electron chi connectivity index (χ4n) is 2.46. The third-order valence-corrected chi connectivity index (χ3v) is 3.64. The summed E-state index contributed by atoms with van der Waals surface area (Å²) in [5.74, 6) is -0.913. The first-order valence-corrected chi connectivity index (χ1v) is 6.53. The molecule has 6 heteroatoms. The van der Waals surface area contributed by atoms with Gasteiger partial charge in [-0.25, -0.2) is 0 Å². The largest absolute Gasteiger partial charge is 0.508 e. The van der Waals surface area contributed by atoms with Crippen molar-refractivity contribution < 1.29 is 30.3 Å². The number of aliphatic hydroxyl groups excluding tert-OH is 1. The van der Waals surface area contributed by atoms with Crippen LogP contribution in [-0.2, 0) is 0 Å². The lowest BCUT2D eigenvalue weighted by Gasteiger charge is -2.26. The van der Waals surface area contributed by atoms with E-state index in [2.05, 4.69) is 0 Å². The Balaban J connectivity index is 2.11. The molecule has 0 aromatic heterocycles. The zero-order chi connectivity index (χ0) is 16.0. The van der Waals surface area contributed by atoms with Gasteiger partial charge in [-0.05, 0) is 19.1 Å². The molecule has 0 saturated carbocycles. The molecule has 0 amide bonds. The van der Waals surface area contributed by atoms with Crippen molar-refractivity contribution in [1.82, 2.24) is 0 Å². The topological polar surface area (TPSA) is 110 Å². The second-order valence-electron chi connectivity index (χ2n) is 5.09. The molecule has 0 saturated heterocycles. The van der Waals surface area contributed by atoms with E-state index in [1.54, 1.807) is 6.92 Å². The third-order valence-electron chi connectivity index (χ3n) is 3.64. The number of benzene rings is 2. The van der Waals surface area contributed by atoms with Crippen molar-refractivity contribution in [3.05, 3.63) is 46.7 Å². The van der Waals surface area contributed by atoms with Gasteiger partial charge >= 0.3 is 0 Å². The summed E-state index contributed by atoms with van der Waals surface area (Å²) in [5, 5.41) is 48.8. The zero-order valence-electron chi connectivity index (χ0n) is 11.6. The highest BCUT2D eigenvalue weighted by Gasteiger charge is 2.28. The van der Waals surface area contributed by atoms with E-state index in [-0.39, 0.29) is 40.1 Å². The summed E-state index contributed by atoms with van der Waals surface area (Å²) in [6, 6.07) is 5.28. The Bertz CT molecular complexity index is 794. The number of fused-ring (bicyclic) bond motifs is 1. The molecule has 0 spiro atoms. The van der Waals surface area contributed by atoms with Crippen LogP contribution in [0.1, 0.15) is 22.8 Å². The van der Waals surface area contributed by atoms with E-state index < -0.39 is 6.10 Å². The number of aromatic hydroxyl groups is 4. The number of hydrogen-bond donors (Lipinski definition) is 5. The number of ether oxygens (including phenoxy) is 1. The van der Waals surface area contributed by atoms with Gasteiger partial charge in [0.2, 0.25) is 0 Å².